The lowest BCUT2D eigenvalue weighted by Crippen LogP contribution is -2.49. The maximum atomic E-state index is 14.2. The fourth-order valence-corrected chi connectivity index (χ4v) is 4.87. The molecule has 0 aliphatic carbocycles. The van der Waals surface area contributed by atoms with Crippen molar-refractivity contribution in [3.63, 3.8) is 0 Å². The number of rotatable bonds is 3. The number of nitrogens with zero attached hydrogens (tertiary/aromatic N) is 3. The first kappa shape index (κ1) is 21.4. The maximum Gasteiger partial charge on any atom is 0.341 e. The molecule has 34 heavy (non-hydrogen) atoms. The molecule has 0 saturated heterocycles. The molecule has 172 valence electrons. The molecular formula is C25H22N4O5. The predicted octanol–water partition coefficient (Wildman–Crippen LogP) is 2.49. The van der Waals surface area contributed by atoms with Gasteiger partial charge in [-0.15, -0.1) is 0 Å². The van der Waals surface area contributed by atoms with Crippen molar-refractivity contribution < 1.29 is 23.9 Å². The Hall–Kier alpha value is -4.40. The number of hydrogen-bond donors (Lipinski definition) is 1. The summed E-state index contributed by atoms with van der Waals surface area (Å²) in [5.41, 5.74) is 6.68. The minimum Gasteiger partial charge on any atom is -0.462 e. The van der Waals surface area contributed by atoms with E-state index in [2.05, 4.69) is 5.10 Å². The lowest BCUT2D eigenvalue weighted by atomic mass is 9.68. The number of imide groups is 1. The largest absolute Gasteiger partial charge is 0.462 e. The maximum absolute atomic E-state index is 14.2. The number of amides is 2. The van der Waals surface area contributed by atoms with Crippen LogP contribution in [-0.2, 0) is 24.5 Å². The van der Waals surface area contributed by atoms with Crippen LogP contribution in [0.25, 0.3) is 5.69 Å². The second kappa shape index (κ2) is 7.58. The van der Waals surface area contributed by atoms with Gasteiger partial charge in [0, 0.05) is 12.5 Å². The Kier molecular flexibility index (Phi) is 4.78. The number of carbonyl (C=O) groups excluding carboxylic acids is 3. The van der Waals surface area contributed by atoms with E-state index in [4.69, 9.17) is 15.2 Å². The third-order valence-corrected chi connectivity index (χ3v) is 6.09. The van der Waals surface area contributed by atoms with Gasteiger partial charge in [-0.2, -0.15) is 5.10 Å². The second-order valence-electron chi connectivity index (χ2n) is 8.00. The smallest absolute Gasteiger partial charge is 0.341 e. The van der Waals surface area contributed by atoms with Crippen LogP contribution in [-0.4, -0.2) is 34.2 Å². The first-order valence-electron chi connectivity index (χ1n) is 10.8. The van der Waals surface area contributed by atoms with Gasteiger partial charge in [0.2, 0.25) is 17.7 Å². The Balaban J connectivity index is 1.91. The van der Waals surface area contributed by atoms with Gasteiger partial charge in [-0.1, -0.05) is 36.4 Å². The van der Waals surface area contributed by atoms with Crippen LogP contribution in [0.4, 0.5) is 5.69 Å². The number of carbonyl (C=O) groups is 3. The van der Waals surface area contributed by atoms with E-state index in [1.165, 1.54) is 11.6 Å². The molecule has 3 aromatic rings. The lowest BCUT2D eigenvalue weighted by Gasteiger charge is -2.34. The molecule has 1 atom stereocenters. The van der Waals surface area contributed by atoms with E-state index in [9.17, 15) is 14.4 Å². The molecule has 1 spiro atoms. The molecule has 9 heteroatoms. The monoisotopic (exact) mass is 458 g/mol. The number of fused-ring (bicyclic) bond motifs is 4. The van der Waals surface area contributed by atoms with Gasteiger partial charge in [0.15, 0.2) is 0 Å². The Labute approximate surface area is 195 Å². The van der Waals surface area contributed by atoms with Crippen LogP contribution >= 0.6 is 0 Å². The highest BCUT2D eigenvalue weighted by atomic mass is 16.5. The van der Waals surface area contributed by atoms with Crippen molar-refractivity contribution in [1.29, 1.82) is 0 Å². The minimum absolute atomic E-state index is 0.0626. The van der Waals surface area contributed by atoms with E-state index < -0.39 is 23.2 Å². The SMILES string of the molecule is CCOC(=O)C1=C(N)Oc2c(c(C)nn2-c2ccccc2)C12C(=O)N(C(C)=O)c1ccccc12. The molecule has 2 aliphatic rings. The summed E-state index contributed by atoms with van der Waals surface area (Å²) < 4.78 is 12.8. The van der Waals surface area contributed by atoms with Crippen molar-refractivity contribution in [2.24, 2.45) is 5.73 Å². The van der Waals surface area contributed by atoms with Gasteiger partial charge in [0.1, 0.15) is 11.0 Å². The summed E-state index contributed by atoms with van der Waals surface area (Å²) in [6.07, 6.45) is 0. The van der Waals surface area contributed by atoms with Crippen LogP contribution < -0.4 is 15.4 Å². The summed E-state index contributed by atoms with van der Waals surface area (Å²) in [5, 5.41) is 4.63. The van der Waals surface area contributed by atoms with E-state index in [0.717, 1.165) is 4.90 Å². The molecule has 2 amide bonds. The van der Waals surface area contributed by atoms with Crippen LogP contribution in [0.3, 0.4) is 0 Å². The van der Waals surface area contributed by atoms with E-state index in [0.29, 0.717) is 28.2 Å². The number of aromatic nitrogens is 2. The van der Waals surface area contributed by atoms with E-state index in [-0.39, 0.29) is 23.9 Å². The van der Waals surface area contributed by atoms with Gasteiger partial charge in [-0.05, 0) is 32.0 Å². The molecule has 3 heterocycles. The highest BCUT2D eigenvalue weighted by molar-refractivity contribution is 6.27. The first-order valence-corrected chi connectivity index (χ1v) is 10.8. The Morgan fingerprint density at radius 3 is 2.47 bits per heavy atom. The number of para-hydroxylation sites is 2. The molecule has 9 nitrogen and oxygen atoms in total. The summed E-state index contributed by atoms with van der Waals surface area (Å²) in [6.45, 7) is 4.74. The van der Waals surface area contributed by atoms with Gasteiger partial charge < -0.3 is 15.2 Å². The highest BCUT2D eigenvalue weighted by Crippen LogP contribution is 2.56. The van der Waals surface area contributed by atoms with Crippen LogP contribution in [0.5, 0.6) is 5.88 Å². The van der Waals surface area contributed by atoms with Crippen molar-refractivity contribution in [2.45, 2.75) is 26.2 Å². The molecule has 2 aliphatic heterocycles. The van der Waals surface area contributed by atoms with Crippen LogP contribution in [0.15, 0.2) is 66.1 Å². The third-order valence-electron chi connectivity index (χ3n) is 6.09. The summed E-state index contributed by atoms with van der Waals surface area (Å²) in [7, 11) is 0. The first-order chi connectivity index (χ1) is 16.3. The molecule has 0 bridgehead atoms. The van der Waals surface area contributed by atoms with Crippen molar-refractivity contribution in [1.82, 2.24) is 9.78 Å². The Morgan fingerprint density at radius 2 is 1.79 bits per heavy atom. The molecule has 1 aromatic heterocycles. The molecular weight excluding hydrogens is 436 g/mol. The van der Waals surface area contributed by atoms with Crippen molar-refractivity contribution in [2.75, 3.05) is 11.5 Å². The summed E-state index contributed by atoms with van der Waals surface area (Å²) in [5.74, 6) is -2.00. The normalized spacial score (nSPS) is 18.6. The third kappa shape index (κ3) is 2.67. The molecule has 2 N–H and O–H groups in total. The van der Waals surface area contributed by atoms with Crippen molar-refractivity contribution >= 4 is 23.5 Å². The zero-order valence-electron chi connectivity index (χ0n) is 18.9. The minimum atomic E-state index is -1.76. The van der Waals surface area contributed by atoms with E-state index >= 15 is 0 Å². The van der Waals surface area contributed by atoms with Gasteiger partial charge in [0.25, 0.3) is 5.91 Å². The lowest BCUT2D eigenvalue weighted by molar-refractivity contribution is -0.141. The molecule has 0 saturated carbocycles. The zero-order valence-corrected chi connectivity index (χ0v) is 18.9. The molecule has 5 rings (SSSR count). The van der Waals surface area contributed by atoms with Crippen LogP contribution in [0.2, 0.25) is 0 Å². The number of aryl methyl sites for hydroxylation is 1. The number of anilines is 1. The summed E-state index contributed by atoms with van der Waals surface area (Å²) in [6, 6.07) is 16.0. The van der Waals surface area contributed by atoms with E-state index in [1.54, 1.807) is 38.1 Å². The van der Waals surface area contributed by atoms with Crippen molar-refractivity contribution in [3.8, 4) is 11.6 Å². The topological polar surface area (TPSA) is 117 Å². The summed E-state index contributed by atoms with van der Waals surface area (Å²) in [4.78, 5) is 41.2. The van der Waals surface area contributed by atoms with E-state index in [1.807, 2.05) is 30.3 Å². The highest BCUT2D eigenvalue weighted by Gasteiger charge is 2.63. The van der Waals surface area contributed by atoms with Crippen LogP contribution in [0.1, 0.15) is 30.7 Å². The molecule has 0 fully saturated rings. The van der Waals surface area contributed by atoms with Gasteiger partial charge >= 0.3 is 5.97 Å². The predicted molar refractivity (Wildman–Crippen MR) is 122 cm³/mol. The van der Waals surface area contributed by atoms with Gasteiger partial charge in [-0.3, -0.25) is 9.59 Å². The summed E-state index contributed by atoms with van der Waals surface area (Å²) >= 11 is 0. The number of hydrogen-bond acceptors (Lipinski definition) is 7. The Morgan fingerprint density at radius 1 is 1.12 bits per heavy atom. The average molecular weight is 458 g/mol. The number of nitrogens with two attached hydrogens (primary N) is 1. The second-order valence-corrected chi connectivity index (χ2v) is 8.00. The fourth-order valence-electron chi connectivity index (χ4n) is 4.87. The zero-order chi connectivity index (χ0) is 24.2. The molecule has 1 unspecified atom stereocenters. The number of ether oxygens (including phenoxy) is 2. The fraction of sp³-hybridized carbons (Fsp3) is 0.200. The van der Waals surface area contributed by atoms with Crippen LogP contribution in [0, 0.1) is 6.92 Å². The molecule has 0 radical (unpaired) electrons. The van der Waals surface area contributed by atoms with Crippen molar-refractivity contribution in [3.05, 3.63) is 82.9 Å². The number of esters is 1. The average Bonchev–Trinajstić information content (AvgIpc) is 3.27. The molecule has 2 aromatic carbocycles. The number of benzene rings is 2. The van der Waals surface area contributed by atoms with Gasteiger partial charge in [-0.25, -0.2) is 14.4 Å². The quantitative estimate of drug-likeness (QED) is 0.599. The standard InChI is InChI=1S/C25H22N4O5/c1-4-33-23(31)20-21(26)34-22-19(14(2)27-29(22)16-10-6-5-7-11-16)25(20)17-12-8-9-13-18(17)28(15(3)30)24(25)32/h5-13H,4,26H2,1-3H3. The van der Waals surface area contributed by atoms with Gasteiger partial charge in [0.05, 0.1) is 29.2 Å². The Bertz CT molecular complexity index is 1390.